The number of carbonyl (C=O) groups is 1. The molecule has 5 heteroatoms. The van der Waals surface area contributed by atoms with Gasteiger partial charge in [-0.25, -0.2) is 0 Å². The number of carbonyl (C=O) groups excluding carboxylic acids is 1. The molecule has 1 amide bonds. The Morgan fingerprint density at radius 1 is 1.60 bits per heavy atom. The maximum Gasteiger partial charge on any atom is 0.270 e. The Hall–Kier alpha value is -2.04. The summed E-state index contributed by atoms with van der Waals surface area (Å²) in [5, 5.41) is 13.3. The molecular formula is C10H12N2O3. The van der Waals surface area contributed by atoms with E-state index >= 15 is 0 Å². The molecule has 0 fully saturated rings. The Labute approximate surface area is 87.4 Å². The van der Waals surface area contributed by atoms with E-state index < -0.39 is 5.91 Å². The van der Waals surface area contributed by atoms with Crippen LogP contribution in [0.4, 0.5) is 5.69 Å². The summed E-state index contributed by atoms with van der Waals surface area (Å²) in [5.41, 5.74) is 1.54. The highest BCUT2D eigenvalue weighted by molar-refractivity contribution is 6.31. The number of hydrogen-bond acceptors (Lipinski definition) is 4. The quantitative estimate of drug-likeness (QED) is 0.448. The lowest BCUT2D eigenvalue weighted by Crippen LogP contribution is -2.13. The molecule has 15 heavy (non-hydrogen) atoms. The molecule has 1 rings (SSSR count). The summed E-state index contributed by atoms with van der Waals surface area (Å²) in [5.74, 6) is 0.0432. The van der Waals surface area contributed by atoms with Gasteiger partial charge in [-0.15, -0.1) is 0 Å². The monoisotopic (exact) mass is 208 g/mol. The lowest BCUT2D eigenvalue weighted by atomic mass is 10.2. The zero-order chi connectivity index (χ0) is 11.3. The van der Waals surface area contributed by atoms with Gasteiger partial charge in [0.2, 0.25) is 0 Å². The van der Waals surface area contributed by atoms with Gasteiger partial charge in [0.05, 0.1) is 12.8 Å². The molecule has 0 saturated carbocycles. The zero-order valence-electron chi connectivity index (χ0n) is 8.52. The summed E-state index contributed by atoms with van der Waals surface area (Å²) in [6.45, 7) is 1.90. The first-order chi connectivity index (χ1) is 7.17. The van der Waals surface area contributed by atoms with Gasteiger partial charge in [-0.2, -0.15) is 0 Å². The van der Waals surface area contributed by atoms with Crippen molar-refractivity contribution in [2.75, 3.05) is 12.4 Å². The second kappa shape index (κ2) is 4.99. The summed E-state index contributed by atoms with van der Waals surface area (Å²) in [7, 11) is 1.51. The van der Waals surface area contributed by atoms with Gasteiger partial charge in [0, 0.05) is 0 Å². The molecular weight excluding hydrogens is 196 g/mol. The van der Waals surface area contributed by atoms with Gasteiger partial charge in [-0.1, -0.05) is 11.2 Å². The standard InChI is InChI=1S/C10H12N2O3/c1-7-3-4-9(15-2)8(5-7)12-10(13)6-11-14/h3-6,14H,1-2H3,(H,12,13)/b11-6-. The number of nitrogens with zero attached hydrogens (tertiary/aromatic N) is 1. The van der Waals surface area contributed by atoms with E-state index in [1.807, 2.05) is 13.0 Å². The van der Waals surface area contributed by atoms with E-state index in [4.69, 9.17) is 9.94 Å². The van der Waals surface area contributed by atoms with Crippen LogP contribution in [0.3, 0.4) is 0 Å². The highest BCUT2D eigenvalue weighted by Crippen LogP contribution is 2.24. The van der Waals surface area contributed by atoms with Crippen LogP contribution in [0.15, 0.2) is 23.4 Å². The first-order valence-corrected chi connectivity index (χ1v) is 4.30. The van der Waals surface area contributed by atoms with Crippen LogP contribution in [-0.4, -0.2) is 24.4 Å². The fraction of sp³-hybridized carbons (Fsp3) is 0.200. The molecule has 0 spiro atoms. The number of nitrogens with one attached hydrogen (secondary N) is 1. The van der Waals surface area contributed by atoms with E-state index in [1.165, 1.54) is 7.11 Å². The van der Waals surface area contributed by atoms with Gasteiger partial charge in [-0.3, -0.25) is 4.79 Å². The Kier molecular flexibility index (Phi) is 3.68. The Balaban J connectivity index is 2.91. The predicted octanol–water partition coefficient (Wildman–Crippen LogP) is 1.40. The molecule has 5 nitrogen and oxygen atoms in total. The summed E-state index contributed by atoms with van der Waals surface area (Å²) in [6.07, 6.45) is 0.780. The number of anilines is 1. The van der Waals surface area contributed by atoms with Gasteiger partial charge in [0.25, 0.3) is 5.91 Å². The molecule has 0 aliphatic heterocycles. The molecule has 0 saturated heterocycles. The number of ether oxygens (including phenoxy) is 1. The maximum absolute atomic E-state index is 11.1. The minimum absolute atomic E-state index is 0.513. The van der Waals surface area contributed by atoms with Crippen LogP contribution in [0.1, 0.15) is 5.56 Å². The number of aryl methyl sites for hydroxylation is 1. The molecule has 0 heterocycles. The van der Waals surface area contributed by atoms with Crippen molar-refractivity contribution in [3.05, 3.63) is 23.8 Å². The lowest BCUT2D eigenvalue weighted by Gasteiger charge is -2.08. The van der Waals surface area contributed by atoms with Crippen molar-refractivity contribution < 1.29 is 14.7 Å². The van der Waals surface area contributed by atoms with E-state index in [-0.39, 0.29) is 0 Å². The molecule has 2 N–H and O–H groups in total. The molecule has 0 bridgehead atoms. The van der Waals surface area contributed by atoms with Crippen LogP contribution in [0, 0.1) is 6.92 Å². The Bertz CT molecular complexity index is 388. The van der Waals surface area contributed by atoms with Crippen LogP contribution in [0.2, 0.25) is 0 Å². The van der Waals surface area contributed by atoms with Crippen molar-refractivity contribution in [1.82, 2.24) is 0 Å². The highest BCUT2D eigenvalue weighted by atomic mass is 16.5. The topological polar surface area (TPSA) is 70.9 Å². The van der Waals surface area contributed by atoms with E-state index in [0.717, 1.165) is 11.8 Å². The fourth-order valence-corrected chi connectivity index (χ4v) is 1.14. The van der Waals surface area contributed by atoms with E-state index in [2.05, 4.69) is 10.5 Å². The normalized spacial score (nSPS) is 10.3. The zero-order valence-corrected chi connectivity index (χ0v) is 8.52. The summed E-state index contributed by atoms with van der Waals surface area (Å²) in [6, 6.07) is 5.39. The molecule has 0 aliphatic carbocycles. The summed E-state index contributed by atoms with van der Waals surface area (Å²) >= 11 is 0. The predicted molar refractivity (Wildman–Crippen MR) is 56.6 cm³/mol. The van der Waals surface area contributed by atoms with Crippen LogP contribution >= 0.6 is 0 Å². The average Bonchev–Trinajstić information content (AvgIpc) is 2.18. The highest BCUT2D eigenvalue weighted by Gasteiger charge is 2.05. The first-order valence-electron chi connectivity index (χ1n) is 4.30. The van der Waals surface area contributed by atoms with Crippen molar-refractivity contribution in [1.29, 1.82) is 0 Å². The number of oxime groups is 1. The van der Waals surface area contributed by atoms with E-state index in [1.54, 1.807) is 12.1 Å². The summed E-state index contributed by atoms with van der Waals surface area (Å²) in [4.78, 5) is 11.1. The van der Waals surface area contributed by atoms with Gasteiger partial charge >= 0.3 is 0 Å². The molecule has 0 atom stereocenters. The fourth-order valence-electron chi connectivity index (χ4n) is 1.14. The van der Waals surface area contributed by atoms with Gasteiger partial charge in [0.15, 0.2) is 0 Å². The molecule has 0 unspecified atom stereocenters. The van der Waals surface area contributed by atoms with Crippen LogP contribution < -0.4 is 10.1 Å². The molecule has 0 aliphatic rings. The SMILES string of the molecule is COc1ccc(C)cc1NC(=O)/C=N\O. The minimum atomic E-state index is -0.513. The van der Waals surface area contributed by atoms with Crippen molar-refractivity contribution in [3.8, 4) is 5.75 Å². The van der Waals surface area contributed by atoms with Crippen LogP contribution in [-0.2, 0) is 4.79 Å². The Morgan fingerprint density at radius 3 is 2.93 bits per heavy atom. The van der Waals surface area contributed by atoms with E-state index in [0.29, 0.717) is 11.4 Å². The Morgan fingerprint density at radius 2 is 2.33 bits per heavy atom. The van der Waals surface area contributed by atoms with Gasteiger partial charge in [0.1, 0.15) is 12.0 Å². The maximum atomic E-state index is 11.1. The second-order valence-electron chi connectivity index (χ2n) is 2.94. The molecule has 80 valence electrons. The number of amides is 1. The van der Waals surface area contributed by atoms with Crippen LogP contribution in [0.25, 0.3) is 0 Å². The molecule has 0 aromatic heterocycles. The molecule has 1 aromatic rings. The minimum Gasteiger partial charge on any atom is -0.495 e. The van der Waals surface area contributed by atoms with Gasteiger partial charge < -0.3 is 15.3 Å². The number of benzene rings is 1. The largest absolute Gasteiger partial charge is 0.495 e. The van der Waals surface area contributed by atoms with Crippen molar-refractivity contribution in [2.24, 2.45) is 5.16 Å². The van der Waals surface area contributed by atoms with Crippen molar-refractivity contribution in [2.45, 2.75) is 6.92 Å². The lowest BCUT2D eigenvalue weighted by molar-refractivity contribution is -0.110. The third-order valence-electron chi connectivity index (χ3n) is 1.79. The first kappa shape index (κ1) is 11.0. The molecule has 0 radical (unpaired) electrons. The van der Waals surface area contributed by atoms with E-state index in [9.17, 15) is 4.79 Å². The summed E-state index contributed by atoms with van der Waals surface area (Å²) < 4.78 is 5.06. The number of methoxy groups -OCH3 is 1. The average molecular weight is 208 g/mol. The third-order valence-corrected chi connectivity index (χ3v) is 1.79. The smallest absolute Gasteiger partial charge is 0.270 e. The van der Waals surface area contributed by atoms with Crippen molar-refractivity contribution in [3.63, 3.8) is 0 Å². The second-order valence-corrected chi connectivity index (χ2v) is 2.94. The third kappa shape index (κ3) is 2.98. The number of rotatable bonds is 3. The van der Waals surface area contributed by atoms with Crippen molar-refractivity contribution >= 4 is 17.8 Å². The van der Waals surface area contributed by atoms with Gasteiger partial charge in [-0.05, 0) is 24.6 Å². The molecule has 1 aromatic carbocycles. The van der Waals surface area contributed by atoms with Crippen LogP contribution in [0.5, 0.6) is 5.75 Å². The number of hydrogen-bond donors (Lipinski definition) is 2.